The summed E-state index contributed by atoms with van der Waals surface area (Å²) in [5.41, 5.74) is 2.76. The molecule has 0 N–H and O–H groups in total. The Balaban J connectivity index is 1.46. The summed E-state index contributed by atoms with van der Waals surface area (Å²) in [6.07, 6.45) is 4.68. The molecule has 168 valence electrons. The SMILES string of the molecule is COc1ccc(C)c(-c2nc(C3CCCN3C(=O)c3ccc(Cl)cc3-n3nccn3)no2)c1. The number of carbonyl (C=O) groups is 1. The molecule has 1 saturated heterocycles. The predicted octanol–water partition coefficient (Wildman–Crippen LogP) is 4.27. The lowest BCUT2D eigenvalue weighted by Gasteiger charge is -2.23. The summed E-state index contributed by atoms with van der Waals surface area (Å²) < 4.78 is 10.9. The average molecular weight is 465 g/mol. The summed E-state index contributed by atoms with van der Waals surface area (Å²) in [7, 11) is 1.61. The minimum absolute atomic E-state index is 0.162. The molecule has 4 aromatic rings. The van der Waals surface area contributed by atoms with E-state index in [2.05, 4.69) is 20.3 Å². The van der Waals surface area contributed by atoms with E-state index in [1.165, 1.54) is 4.80 Å². The van der Waals surface area contributed by atoms with Gasteiger partial charge in [-0.2, -0.15) is 20.0 Å². The van der Waals surface area contributed by atoms with E-state index in [1.807, 2.05) is 25.1 Å². The van der Waals surface area contributed by atoms with Crippen LogP contribution >= 0.6 is 11.6 Å². The Morgan fingerprint density at radius 3 is 2.79 bits per heavy atom. The maximum absolute atomic E-state index is 13.6. The second-order valence-corrected chi connectivity index (χ2v) is 8.21. The first-order valence-electron chi connectivity index (χ1n) is 10.5. The van der Waals surface area contributed by atoms with E-state index in [9.17, 15) is 4.79 Å². The third kappa shape index (κ3) is 3.95. The Morgan fingerprint density at radius 2 is 2.00 bits per heavy atom. The van der Waals surface area contributed by atoms with Gasteiger partial charge in [0.05, 0.1) is 36.8 Å². The van der Waals surface area contributed by atoms with Gasteiger partial charge in [0.25, 0.3) is 11.8 Å². The first-order chi connectivity index (χ1) is 16.0. The zero-order valence-corrected chi connectivity index (χ0v) is 18.9. The molecule has 10 heteroatoms. The molecule has 3 heterocycles. The highest BCUT2D eigenvalue weighted by molar-refractivity contribution is 6.31. The molecular weight excluding hydrogens is 444 g/mol. The number of carbonyl (C=O) groups excluding carboxylic acids is 1. The molecule has 2 aromatic heterocycles. The van der Waals surface area contributed by atoms with E-state index in [0.717, 1.165) is 24.0 Å². The molecule has 33 heavy (non-hydrogen) atoms. The molecular formula is C23H21ClN6O3. The number of halogens is 1. The van der Waals surface area contributed by atoms with Crippen LogP contribution in [0.15, 0.2) is 53.3 Å². The summed E-state index contributed by atoms with van der Waals surface area (Å²) in [4.78, 5) is 21.4. The van der Waals surface area contributed by atoms with Gasteiger partial charge >= 0.3 is 0 Å². The van der Waals surface area contributed by atoms with Crippen LogP contribution in [0, 0.1) is 6.92 Å². The third-order valence-electron chi connectivity index (χ3n) is 5.75. The second-order valence-electron chi connectivity index (χ2n) is 7.78. The number of aromatic nitrogens is 5. The van der Waals surface area contributed by atoms with Gasteiger partial charge in [-0.1, -0.05) is 22.8 Å². The number of nitrogens with zero attached hydrogens (tertiary/aromatic N) is 6. The summed E-state index contributed by atoms with van der Waals surface area (Å²) in [6, 6.07) is 10.4. The normalized spacial score (nSPS) is 15.7. The van der Waals surface area contributed by atoms with Crippen molar-refractivity contribution < 1.29 is 14.1 Å². The second kappa shape index (κ2) is 8.67. The molecule has 1 fully saturated rings. The van der Waals surface area contributed by atoms with Gasteiger partial charge in [0.2, 0.25) is 0 Å². The van der Waals surface area contributed by atoms with Gasteiger partial charge < -0.3 is 14.2 Å². The van der Waals surface area contributed by atoms with E-state index in [1.54, 1.807) is 42.6 Å². The first-order valence-corrected chi connectivity index (χ1v) is 10.9. The Kier molecular flexibility index (Phi) is 5.55. The van der Waals surface area contributed by atoms with E-state index >= 15 is 0 Å². The number of amides is 1. The van der Waals surface area contributed by atoms with Gasteiger partial charge in [0.15, 0.2) is 5.82 Å². The fraction of sp³-hybridized carbons (Fsp3) is 0.261. The van der Waals surface area contributed by atoms with Gasteiger partial charge in [-0.05, 0) is 55.7 Å². The molecule has 1 aliphatic heterocycles. The van der Waals surface area contributed by atoms with Gasteiger partial charge in [0.1, 0.15) is 5.75 Å². The number of benzene rings is 2. The fourth-order valence-electron chi connectivity index (χ4n) is 4.06. The maximum atomic E-state index is 13.6. The van der Waals surface area contributed by atoms with Gasteiger partial charge in [-0.3, -0.25) is 4.79 Å². The first kappa shape index (κ1) is 21.1. The monoisotopic (exact) mass is 464 g/mol. The van der Waals surface area contributed by atoms with Crippen molar-refractivity contribution >= 4 is 17.5 Å². The lowest BCUT2D eigenvalue weighted by Crippen LogP contribution is -2.32. The highest BCUT2D eigenvalue weighted by Crippen LogP contribution is 2.35. The highest BCUT2D eigenvalue weighted by Gasteiger charge is 2.35. The van der Waals surface area contributed by atoms with Gasteiger partial charge in [-0.15, -0.1) is 0 Å². The molecule has 1 aliphatic rings. The van der Waals surface area contributed by atoms with Crippen LogP contribution < -0.4 is 4.74 Å². The molecule has 9 nitrogen and oxygen atoms in total. The van der Waals surface area contributed by atoms with Crippen molar-refractivity contribution in [2.24, 2.45) is 0 Å². The minimum Gasteiger partial charge on any atom is -0.497 e. The number of rotatable bonds is 5. The number of methoxy groups -OCH3 is 1. The molecule has 1 unspecified atom stereocenters. The number of hydrogen-bond donors (Lipinski definition) is 0. The van der Waals surface area contributed by atoms with Crippen molar-refractivity contribution in [2.45, 2.75) is 25.8 Å². The van der Waals surface area contributed by atoms with Crippen molar-refractivity contribution in [3.63, 3.8) is 0 Å². The van der Waals surface area contributed by atoms with Crippen LogP contribution in [-0.4, -0.2) is 49.6 Å². The molecule has 0 spiro atoms. The summed E-state index contributed by atoms with van der Waals surface area (Å²) in [6.45, 7) is 2.55. The number of likely N-dealkylation sites (tertiary alicyclic amines) is 1. The number of aryl methyl sites for hydroxylation is 1. The zero-order chi connectivity index (χ0) is 22.9. The van der Waals surface area contributed by atoms with Crippen molar-refractivity contribution in [1.29, 1.82) is 0 Å². The molecule has 2 aromatic carbocycles. The molecule has 0 saturated carbocycles. The fourth-order valence-corrected chi connectivity index (χ4v) is 4.23. The van der Waals surface area contributed by atoms with Gasteiger partial charge in [0, 0.05) is 17.1 Å². The highest BCUT2D eigenvalue weighted by atomic mass is 35.5. The lowest BCUT2D eigenvalue weighted by molar-refractivity contribution is 0.0728. The van der Waals surface area contributed by atoms with Crippen LogP contribution in [-0.2, 0) is 0 Å². The van der Waals surface area contributed by atoms with E-state index in [-0.39, 0.29) is 11.9 Å². The Labute approximate surface area is 194 Å². The van der Waals surface area contributed by atoms with Crippen molar-refractivity contribution in [1.82, 2.24) is 30.0 Å². The lowest BCUT2D eigenvalue weighted by atomic mass is 10.1. The maximum Gasteiger partial charge on any atom is 0.258 e. The van der Waals surface area contributed by atoms with E-state index in [4.69, 9.17) is 20.9 Å². The molecule has 0 radical (unpaired) electrons. The summed E-state index contributed by atoms with van der Waals surface area (Å²) >= 11 is 6.18. The van der Waals surface area contributed by atoms with Gasteiger partial charge in [-0.25, -0.2) is 0 Å². The molecule has 0 aliphatic carbocycles. The van der Waals surface area contributed by atoms with Crippen LogP contribution in [0.4, 0.5) is 0 Å². The predicted molar refractivity (Wildman–Crippen MR) is 120 cm³/mol. The summed E-state index contributed by atoms with van der Waals surface area (Å²) in [5, 5.41) is 13.0. The Morgan fingerprint density at radius 1 is 1.18 bits per heavy atom. The van der Waals surface area contributed by atoms with E-state index in [0.29, 0.717) is 40.3 Å². The van der Waals surface area contributed by atoms with Crippen LogP contribution in [0.5, 0.6) is 5.75 Å². The number of ether oxygens (including phenoxy) is 1. The standard InChI is InChI=1S/C23H21ClN6O3/c1-14-5-7-16(32-2)13-18(14)22-27-21(28-33-22)19-4-3-11-29(19)23(31)17-8-6-15(24)12-20(17)30-25-9-10-26-30/h5-10,12-13,19H,3-4,11H2,1-2H3. The van der Waals surface area contributed by atoms with E-state index < -0.39 is 0 Å². The van der Waals surface area contributed by atoms with Crippen molar-refractivity contribution in [2.75, 3.05) is 13.7 Å². The van der Waals surface area contributed by atoms with Crippen LogP contribution in [0.2, 0.25) is 5.02 Å². The van der Waals surface area contributed by atoms with Crippen LogP contribution in [0.1, 0.15) is 40.6 Å². The topological polar surface area (TPSA) is 99.2 Å². The Bertz CT molecular complexity index is 1300. The molecule has 0 bridgehead atoms. The van der Waals surface area contributed by atoms with Crippen LogP contribution in [0.3, 0.4) is 0 Å². The molecule has 1 amide bonds. The van der Waals surface area contributed by atoms with Crippen molar-refractivity contribution in [3.8, 4) is 22.9 Å². The summed E-state index contributed by atoms with van der Waals surface area (Å²) in [5.74, 6) is 1.42. The smallest absolute Gasteiger partial charge is 0.258 e. The zero-order valence-electron chi connectivity index (χ0n) is 18.1. The van der Waals surface area contributed by atoms with Crippen LogP contribution in [0.25, 0.3) is 17.1 Å². The molecule has 5 rings (SSSR count). The molecule has 1 atom stereocenters. The third-order valence-corrected chi connectivity index (χ3v) is 5.99. The largest absolute Gasteiger partial charge is 0.497 e. The average Bonchev–Trinajstić information content (AvgIpc) is 3.60. The minimum atomic E-state index is -0.296. The quantitative estimate of drug-likeness (QED) is 0.435. The Hall–Kier alpha value is -3.72. The number of hydrogen-bond acceptors (Lipinski definition) is 7. The van der Waals surface area contributed by atoms with Crippen molar-refractivity contribution in [3.05, 3.63) is 70.8 Å².